The highest BCUT2D eigenvalue weighted by Gasteiger charge is 2.35. The zero-order valence-corrected chi connectivity index (χ0v) is 17.3. The van der Waals surface area contributed by atoms with E-state index in [9.17, 15) is 18.0 Å². The van der Waals surface area contributed by atoms with Crippen LogP contribution in [-0.2, 0) is 30.6 Å². The number of aryl methyl sites for hydroxylation is 1. The Kier molecular flexibility index (Phi) is 6.14. The van der Waals surface area contributed by atoms with Crippen molar-refractivity contribution in [3.63, 3.8) is 0 Å². The Morgan fingerprint density at radius 3 is 2.64 bits per heavy atom. The van der Waals surface area contributed by atoms with Crippen molar-refractivity contribution in [1.82, 2.24) is 4.98 Å². The number of hydrogen-bond acceptors (Lipinski definition) is 7. The second-order valence-corrected chi connectivity index (χ2v) is 9.84. The van der Waals surface area contributed by atoms with Crippen LogP contribution < -0.4 is 5.32 Å². The molecule has 3 rings (SSSR count). The van der Waals surface area contributed by atoms with Gasteiger partial charge in [0.25, 0.3) is 5.91 Å². The second kappa shape index (κ2) is 8.40. The normalized spacial score (nSPS) is 19.1. The molecule has 150 valence electrons. The zero-order chi connectivity index (χ0) is 20.3. The number of benzene rings is 1. The molecule has 28 heavy (non-hydrogen) atoms. The number of nitrogens with one attached hydrogen (secondary N) is 1. The van der Waals surface area contributed by atoms with Gasteiger partial charge in [-0.1, -0.05) is 31.2 Å². The molecule has 2 atom stereocenters. The summed E-state index contributed by atoms with van der Waals surface area (Å²) in [6, 6.07) is 8.05. The summed E-state index contributed by atoms with van der Waals surface area (Å²) in [5, 5.41) is 4.89. The van der Waals surface area contributed by atoms with E-state index in [1.165, 1.54) is 23.8 Å². The van der Waals surface area contributed by atoms with Gasteiger partial charge in [0.05, 0.1) is 23.1 Å². The lowest BCUT2D eigenvalue weighted by atomic mass is 10.1. The Balaban J connectivity index is 1.57. The first kappa shape index (κ1) is 20.5. The monoisotopic (exact) mass is 422 g/mol. The molecule has 0 aliphatic carbocycles. The minimum Gasteiger partial charge on any atom is -0.452 e. The molecule has 1 aliphatic heterocycles. The van der Waals surface area contributed by atoms with E-state index in [2.05, 4.69) is 17.2 Å². The highest BCUT2D eigenvalue weighted by Crippen LogP contribution is 2.26. The van der Waals surface area contributed by atoms with E-state index in [0.29, 0.717) is 5.13 Å². The van der Waals surface area contributed by atoms with E-state index in [-0.39, 0.29) is 17.9 Å². The molecule has 2 heterocycles. The number of rotatable bonds is 6. The quantitative estimate of drug-likeness (QED) is 0.718. The maximum Gasteiger partial charge on any atom is 0.310 e. The number of esters is 1. The van der Waals surface area contributed by atoms with Gasteiger partial charge >= 0.3 is 5.97 Å². The van der Waals surface area contributed by atoms with Gasteiger partial charge in [-0.25, -0.2) is 13.4 Å². The van der Waals surface area contributed by atoms with Gasteiger partial charge in [-0.2, -0.15) is 0 Å². The number of hydrogen-bond donors (Lipinski definition) is 1. The van der Waals surface area contributed by atoms with Crippen LogP contribution in [0.1, 0.15) is 25.8 Å². The minimum atomic E-state index is -3.18. The molecule has 1 aromatic carbocycles. The first-order valence-corrected chi connectivity index (χ1v) is 11.7. The Morgan fingerprint density at radius 2 is 2.04 bits per heavy atom. The van der Waals surface area contributed by atoms with Crippen molar-refractivity contribution in [2.75, 3.05) is 16.8 Å². The van der Waals surface area contributed by atoms with E-state index < -0.39 is 33.7 Å². The van der Waals surface area contributed by atoms with Crippen molar-refractivity contribution in [2.45, 2.75) is 32.8 Å². The van der Waals surface area contributed by atoms with Gasteiger partial charge in [0.15, 0.2) is 21.1 Å². The molecule has 0 spiro atoms. The van der Waals surface area contributed by atoms with Gasteiger partial charge in [0.1, 0.15) is 0 Å². The van der Waals surface area contributed by atoms with Crippen molar-refractivity contribution >= 4 is 38.2 Å². The number of carbonyl (C=O) groups excluding carboxylic acids is 2. The van der Waals surface area contributed by atoms with Crippen LogP contribution >= 0.6 is 11.3 Å². The van der Waals surface area contributed by atoms with E-state index in [0.717, 1.165) is 17.7 Å². The van der Waals surface area contributed by atoms with Crippen molar-refractivity contribution in [3.8, 4) is 11.3 Å². The lowest BCUT2D eigenvalue weighted by Gasteiger charge is -2.14. The van der Waals surface area contributed by atoms with Gasteiger partial charge in [-0.3, -0.25) is 14.9 Å². The SMILES string of the molecule is CCc1ccc(-c2csc(NC(=O)C(C)OC(=O)C3CCS(=O)(=O)C3)n2)cc1. The van der Waals surface area contributed by atoms with E-state index in [4.69, 9.17) is 4.74 Å². The lowest BCUT2D eigenvalue weighted by molar-refractivity contribution is -0.156. The van der Waals surface area contributed by atoms with Crippen LogP contribution in [0.2, 0.25) is 0 Å². The second-order valence-electron chi connectivity index (χ2n) is 6.76. The Hall–Kier alpha value is -2.26. The van der Waals surface area contributed by atoms with Crippen LogP contribution in [0.25, 0.3) is 11.3 Å². The van der Waals surface area contributed by atoms with Gasteiger partial charge in [-0.05, 0) is 25.3 Å². The molecule has 0 saturated carbocycles. The van der Waals surface area contributed by atoms with Crippen molar-refractivity contribution in [1.29, 1.82) is 0 Å². The van der Waals surface area contributed by atoms with Crippen LogP contribution in [0.4, 0.5) is 5.13 Å². The summed E-state index contributed by atoms with van der Waals surface area (Å²) >= 11 is 1.28. The van der Waals surface area contributed by atoms with E-state index in [1.54, 1.807) is 0 Å². The number of thiazole rings is 1. The summed E-state index contributed by atoms with van der Waals surface area (Å²) in [4.78, 5) is 28.7. The molecule has 2 unspecified atom stereocenters. The molecule has 1 amide bonds. The topological polar surface area (TPSA) is 102 Å². The first-order chi connectivity index (χ1) is 13.3. The summed E-state index contributed by atoms with van der Waals surface area (Å²) < 4.78 is 28.1. The molecule has 1 aliphatic rings. The van der Waals surface area contributed by atoms with Crippen LogP contribution in [0.3, 0.4) is 0 Å². The fraction of sp³-hybridized carbons (Fsp3) is 0.421. The molecular weight excluding hydrogens is 400 g/mol. The number of sulfone groups is 1. The third kappa shape index (κ3) is 4.96. The molecule has 0 radical (unpaired) electrons. The maximum atomic E-state index is 12.3. The number of nitrogens with zero attached hydrogens (tertiary/aromatic N) is 1. The number of amides is 1. The molecule has 9 heteroatoms. The highest BCUT2D eigenvalue weighted by molar-refractivity contribution is 7.91. The van der Waals surface area contributed by atoms with Gasteiger partial charge < -0.3 is 4.74 Å². The summed E-state index contributed by atoms with van der Waals surface area (Å²) in [6.07, 6.45) is 0.163. The largest absolute Gasteiger partial charge is 0.452 e. The molecular formula is C19H22N2O5S2. The first-order valence-electron chi connectivity index (χ1n) is 9.04. The van der Waals surface area contributed by atoms with E-state index in [1.807, 2.05) is 29.6 Å². The zero-order valence-electron chi connectivity index (χ0n) is 15.7. The minimum absolute atomic E-state index is 0.0194. The smallest absolute Gasteiger partial charge is 0.310 e. The molecule has 1 aromatic heterocycles. The Morgan fingerprint density at radius 1 is 1.32 bits per heavy atom. The standard InChI is InChI=1S/C19H22N2O5S2/c1-3-13-4-6-14(7-5-13)16-10-27-19(20-16)21-17(22)12(2)26-18(23)15-8-9-28(24,25)11-15/h4-7,10,12,15H,3,8-9,11H2,1-2H3,(H,20,21,22). The number of carbonyl (C=O) groups is 2. The average Bonchev–Trinajstić information content (AvgIpc) is 3.28. The van der Waals surface area contributed by atoms with Crippen LogP contribution in [-0.4, -0.2) is 42.9 Å². The Bertz CT molecular complexity index is 966. The third-order valence-electron chi connectivity index (χ3n) is 4.62. The summed E-state index contributed by atoms with van der Waals surface area (Å²) in [7, 11) is -3.18. The van der Waals surface area contributed by atoms with E-state index >= 15 is 0 Å². The van der Waals surface area contributed by atoms with Gasteiger partial charge in [-0.15, -0.1) is 11.3 Å². The highest BCUT2D eigenvalue weighted by atomic mass is 32.2. The van der Waals surface area contributed by atoms with Crippen LogP contribution in [0, 0.1) is 5.92 Å². The van der Waals surface area contributed by atoms with Gasteiger partial charge in [0.2, 0.25) is 0 Å². The molecule has 0 bridgehead atoms. The molecule has 7 nitrogen and oxygen atoms in total. The fourth-order valence-corrected chi connectivity index (χ4v) is 5.34. The summed E-state index contributed by atoms with van der Waals surface area (Å²) in [5.74, 6) is -2.09. The summed E-state index contributed by atoms with van der Waals surface area (Å²) in [5.41, 5.74) is 2.94. The van der Waals surface area contributed by atoms with Crippen molar-refractivity contribution in [3.05, 3.63) is 35.2 Å². The lowest BCUT2D eigenvalue weighted by Crippen LogP contribution is -2.32. The summed E-state index contributed by atoms with van der Waals surface area (Å²) in [6.45, 7) is 3.54. The predicted molar refractivity (Wildman–Crippen MR) is 108 cm³/mol. The molecule has 1 N–H and O–H groups in total. The van der Waals surface area contributed by atoms with Crippen molar-refractivity contribution in [2.24, 2.45) is 5.92 Å². The molecule has 2 aromatic rings. The number of aromatic nitrogens is 1. The molecule has 1 fully saturated rings. The molecule has 1 saturated heterocycles. The average molecular weight is 423 g/mol. The fourth-order valence-electron chi connectivity index (χ4n) is 2.89. The maximum absolute atomic E-state index is 12.3. The van der Waals surface area contributed by atoms with Crippen LogP contribution in [0.15, 0.2) is 29.6 Å². The van der Waals surface area contributed by atoms with Crippen molar-refractivity contribution < 1.29 is 22.7 Å². The Labute approximate surface area is 168 Å². The predicted octanol–water partition coefficient (Wildman–Crippen LogP) is 2.68. The third-order valence-corrected chi connectivity index (χ3v) is 7.15. The number of ether oxygens (including phenoxy) is 1. The number of anilines is 1. The van der Waals surface area contributed by atoms with Gasteiger partial charge in [0, 0.05) is 10.9 Å². The van der Waals surface area contributed by atoms with Crippen LogP contribution in [0.5, 0.6) is 0 Å².